The van der Waals surface area contributed by atoms with E-state index in [4.69, 9.17) is 10.5 Å². The van der Waals surface area contributed by atoms with Gasteiger partial charge in [-0.2, -0.15) is 0 Å². The molecule has 0 saturated heterocycles. The molecule has 0 aromatic heterocycles. The number of methoxy groups -OCH3 is 1. The topological polar surface area (TPSA) is 64.3 Å². The highest BCUT2D eigenvalue weighted by molar-refractivity contribution is 7.97. The first-order valence-electron chi connectivity index (χ1n) is 8.42. The Morgan fingerprint density at radius 1 is 1.12 bits per heavy atom. The zero-order chi connectivity index (χ0) is 18.5. The number of ether oxygens (including phenoxy) is 1. The first kappa shape index (κ1) is 18.1. The average Bonchev–Trinajstić information content (AvgIpc) is 2.64. The third-order valence-electron chi connectivity index (χ3n) is 4.16. The Bertz CT molecular complexity index is 940. The summed E-state index contributed by atoms with van der Waals surface area (Å²) >= 11 is 1.43. The summed E-state index contributed by atoms with van der Waals surface area (Å²) in [6, 6.07) is 18.4. The maximum absolute atomic E-state index is 11.1. The second-order valence-electron chi connectivity index (χ2n) is 6.10. The normalized spacial score (nSPS) is 10.7. The summed E-state index contributed by atoms with van der Waals surface area (Å²) in [6.07, 6.45) is 0.838. The van der Waals surface area contributed by atoms with E-state index in [-0.39, 0.29) is 5.91 Å². The van der Waals surface area contributed by atoms with Crippen LogP contribution in [0.3, 0.4) is 0 Å². The summed E-state index contributed by atoms with van der Waals surface area (Å²) in [5.74, 6) is 1.60. The summed E-state index contributed by atoms with van der Waals surface area (Å²) in [6.45, 7) is 1.52. The van der Waals surface area contributed by atoms with Gasteiger partial charge in [-0.05, 0) is 64.2 Å². The molecule has 1 amide bonds. The van der Waals surface area contributed by atoms with Crippen molar-refractivity contribution < 1.29 is 9.53 Å². The SMILES string of the molecule is COc1ccc2cc(-c3cccc(N)c3)cc(CCSNC(C)=O)c2c1. The molecule has 0 fully saturated rings. The van der Waals surface area contributed by atoms with Crippen LogP contribution in [0, 0.1) is 0 Å². The lowest BCUT2D eigenvalue weighted by Crippen LogP contribution is -2.11. The standard InChI is InChI=1S/C21H22N2O2S/c1-14(24)23-26-9-8-17-11-18(15-4-3-5-19(22)12-15)10-16-6-7-20(25-2)13-21(16)17/h3-7,10-13H,8-9,22H2,1-2H3,(H,23,24). The third kappa shape index (κ3) is 4.29. The summed E-state index contributed by atoms with van der Waals surface area (Å²) in [4.78, 5) is 11.1. The minimum atomic E-state index is -0.0324. The Morgan fingerprint density at radius 2 is 1.96 bits per heavy atom. The van der Waals surface area contributed by atoms with Gasteiger partial charge in [0.05, 0.1) is 7.11 Å². The molecule has 3 rings (SSSR count). The molecule has 3 aromatic rings. The van der Waals surface area contributed by atoms with Crippen LogP contribution in [-0.2, 0) is 11.2 Å². The predicted octanol–water partition coefficient (Wildman–Crippen LogP) is 4.42. The molecular formula is C21H22N2O2S. The van der Waals surface area contributed by atoms with Gasteiger partial charge in [0.15, 0.2) is 0 Å². The number of fused-ring (bicyclic) bond motifs is 1. The number of hydrogen-bond acceptors (Lipinski definition) is 4. The Labute approximate surface area is 157 Å². The highest BCUT2D eigenvalue weighted by atomic mass is 32.2. The molecule has 134 valence electrons. The molecule has 26 heavy (non-hydrogen) atoms. The number of benzene rings is 3. The van der Waals surface area contributed by atoms with Gasteiger partial charge in [-0.3, -0.25) is 4.79 Å². The first-order chi connectivity index (χ1) is 12.6. The maximum Gasteiger partial charge on any atom is 0.226 e. The van der Waals surface area contributed by atoms with E-state index >= 15 is 0 Å². The van der Waals surface area contributed by atoms with Crippen molar-refractivity contribution in [2.75, 3.05) is 18.6 Å². The molecule has 0 heterocycles. The van der Waals surface area contributed by atoms with E-state index in [0.717, 1.165) is 40.1 Å². The van der Waals surface area contributed by atoms with Gasteiger partial charge in [-0.1, -0.05) is 36.2 Å². The molecule has 0 radical (unpaired) electrons. The van der Waals surface area contributed by atoms with Crippen LogP contribution in [0.2, 0.25) is 0 Å². The smallest absolute Gasteiger partial charge is 0.226 e. The molecule has 0 spiro atoms. The van der Waals surface area contributed by atoms with Crippen LogP contribution in [0.15, 0.2) is 54.6 Å². The lowest BCUT2D eigenvalue weighted by atomic mass is 9.95. The van der Waals surface area contributed by atoms with Crippen molar-refractivity contribution in [3.8, 4) is 16.9 Å². The Hall–Kier alpha value is -2.66. The number of amides is 1. The van der Waals surface area contributed by atoms with Crippen LogP contribution in [0.25, 0.3) is 21.9 Å². The highest BCUT2D eigenvalue weighted by Crippen LogP contribution is 2.31. The summed E-state index contributed by atoms with van der Waals surface area (Å²) in [7, 11) is 1.68. The molecule has 5 heteroatoms. The first-order valence-corrected chi connectivity index (χ1v) is 9.40. The van der Waals surface area contributed by atoms with E-state index in [0.29, 0.717) is 0 Å². The number of nitrogens with one attached hydrogen (secondary N) is 1. The number of carbonyl (C=O) groups excluding carboxylic acids is 1. The van der Waals surface area contributed by atoms with Gasteiger partial charge in [-0.25, -0.2) is 0 Å². The van der Waals surface area contributed by atoms with E-state index in [2.05, 4.69) is 35.1 Å². The number of hydrogen-bond donors (Lipinski definition) is 2. The van der Waals surface area contributed by atoms with E-state index < -0.39 is 0 Å². The van der Waals surface area contributed by atoms with Crippen LogP contribution in [0.4, 0.5) is 5.69 Å². The summed E-state index contributed by atoms with van der Waals surface area (Å²) < 4.78 is 8.16. The summed E-state index contributed by atoms with van der Waals surface area (Å²) in [5.41, 5.74) is 10.1. The molecule has 0 atom stereocenters. The molecule has 3 N–H and O–H groups in total. The second kappa shape index (κ2) is 8.15. The Kier molecular flexibility index (Phi) is 5.68. The van der Waals surface area contributed by atoms with Crippen LogP contribution in [0.5, 0.6) is 5.75 Å². The van der Waals surface area contributed by atoms with Gasteiger partial charge >= 0.3 is 0 Å². The minimum Gasteiger partial charge on any atom is -0.497 e. The van der Waals surface area contributed by atoms with Gasteiger partial charge in [0, 0.05) is 18.4 Å². The lowest BCUT2D eigenvalue weighted by Gasteiger charge is -2.12. The van der Waals surface area contributed by atoms with Gasteiger partial charge in [0.2, 0.25) is 5.91 Å². The van der Waals surface area contributed by atoms with Crippen molar-refractivity contribution in [1.29, 1.82) is 0 Å². The van der Waals surface area contributed by atoms with Gasteiger partial charge in [0.25, 0.3) is 0 Å². The van der Waals surface area contributed by atoms with E-state index in [1.54, 1.807) is 7.11 Å². The van der Waals surface area contributed by atoms with E-state index in [1.807, 2.05) is 24.3 Å². The number of rotatable bonds is 6. The van der Waals surface area contributed by atoms with Crippen LogP contribution >= 0.6 is 11.9 Å². The van der Waals surface area contributed by atoms with Crippen molar-refractivity contribution in [2.24, 2.45) is 0 Å². The van der Waals surface area contributed by atoms with Crippen molar-refractivity contribution in [2.45, 2.75) is 13.3 Å². The number of aryl methyl sites for hydroxylation is 1. The molecule has 3 aromatic carbocycles. The van der Waals surface area contributed by atoms with Gasteiger partial charge in [0.1, 0.15) is 5.75 Å². The second-order valence-corrected chi connectivity index (χ2v) is 7.01. The maximum atomic E-state index is 11.1. The monoisotopic (exact) mass is 366 g/mol. The number of anilines is 1. The predicted molar refractivity (Wildman–Crippen MR) is 110 cm³/mol. The van der Waals surface area contributed by atoms with Crippen LogP contribution < -0.4 is 15.2 Å². The van der Waals surface area contributed by atoms with Crippen molar-refractivity contribution in [1.82, 2.24) is 4.72 Å². The summed E-state index contributed by atoms with van der Waals surface area (Å²) in [5, 5.41) is 2.32. The molecule has 0 aliphatic heterocycles. The Balaban J connectivity index is 2.01. The molecular weight excluding hydrogens is 344 g/mol. The van der Waals surface area contributed by atoms with Crippen molar-refractivity contribution >= 4 is 34.3 Å². The average molecular weight is 366 g/mol. The fraction of sp³-hybridized carbons (Fsp3) is 0.190. The van der Waals surface area contributed by atoms with E-state index in [1.165, 1.54) is 29.8 Å². The number of carbonyl (C=O) groups is 1. The largest absolute Gasteiger partial charge is 0.497 e. The molecule has 0 bridgehead atoms. The zero-order valence-corrected chi connectivity index (χ0v) is 15.7. The minimum absolute atomic E-state index is 0.0324. The van der Waals surface area contributed by atoms with Gasteiger partial charge in [-0.15, -0.1) is 0 Å². The fourth-order valence-electron chi connectivity index (χ4n) is 2.95. The highest BCUT2D eigenvalue weighted by Gasteiger charge is 2.08. The Morgan fingerprint density at radius 3 is 2.69 bits per heavy atom. The molecule has 4 nitrogen and oxygen atoms in total. The third-order valence-corrected chi connectivity index (χ3v) is 5.00. The quantitative estimate of drug-likeness (QED) is 0.385. The number of nitrogen functional groups attached to an aromatic ring is 1. The van der Waals surface area contributed by atoms with Crippen LogP contribution in [0.1, 0.15) is 12.5 Å². The van der Waals surface area contributed by atoms with Gasteiger partial charge < -0.3 is 15.2 Å². The fourth-order valence-corrected chi connectivity index (χ4v) is 3.57. The van der Waals surface area contributed by atoms with Crippen molar-refractivity contribution in [3.63, 3.8) is 0 Å². The van der Waals surface area contributed by atoms with Crippen LogP contribution in [-0.4, -0.2) is 18.8 Å². The molecule has 0 saturated carbocycles. The molecule has 0 unspecified atom stereocenters. The molecule has 0 aliphatic carbocycles. The van der Waals surface area contributed by atoms with E-state index in [9.17, 15) is 4.79 Å². The van der Waals surface area contributed by atoms with Crippen molar-refractivity contribution in [3.05, 3.63) is 60.2 Å². The molecule has 0 aliphatic rings. The number of nitrogens with two attached hydrogens (primary N) is 1. The lowest BCUT2D eigenvalue weighted by molar-refractivity contribution is -0.117. The zero-order valence-electron chi connectivity index (χ0n) is 14.9.